The highest BCUT2D eigenvalue weighted by atomic mass is 16.5. The third kappa shape index (κ3) is 5.80. The maximum absolute atomic E-state index is 13.4. The summed E-state index contributed by atoms with van der Waals surface area (Å²) in [6, 6.07) is 0.215. The lowest BCUT2D eigenvalue weighted by molar-refractivity contribution is -0.122. The third-order valence-electron chi connectivity index (χ3n) is 8.82. The van der Waals surface area contributed by atoms with Gasteiger partial charge in [-0.3, -0.25) is 9.59 Å². The molecule has 202 valence electrons. The number of rotatable bonds is 11. The predicted octanol–water partition coefficient (Wildman–Crippen LogP) is 5.34. The van der Waals surface area contributed by atoms with E-state index in [9.17, 15) is 9.59 Å². The highest BCUT2D eigenvalue weighted by molar-refractivity contribution is 5.96. The summed E-state index contributed by atoms with van der Waals surface area (Å²) in [4.78, 5) is 26.0. The average molecular weight is 509 g/mol. The minimum atomic E-state index is -0.549. The molecule has 2 amide bonds. The van der Waals surface area contributed by atoms with Crippen molar-refractivity contribution in [3.05, 3.63) is 29.5 Å². The highest BCUT2D eigenvalue weighted by Crippen LogP contribution is 2.57. The minimum absolute atomic E-state index is 0.0773. The van der Waals surface area contributed by atoms with E-state index in [2.05, 4.69) is 35.7 Å². The van der Waals surface area contributed by atoms with E-state index in [0.717, 1.165) is 18.8 Å². The second kappa shape index (κ2) is 10.7. The molecule has 7 nitrogen and oxygen atoms in total. The van der Waals surface area contributed by atoms with Crippen LogP contribution in [-0.2, 0) is 4.79 Å². The normalized spacial score (nSPS) is 26.9. The van der Waals surface area contributed by atoms with E-state index in [-0.39, 0.29) is 17.9 Å². The van der Waals surface area contributed by atoms with Gasteiger partial charge >= 0.3 is 0 Å². The van der Waals surface area contributed by atoms with Gasteiger partial charge in [-0.25, -0.2) is 4.68 Å². The summed E-state index contributed by atoms with van der Waals surface area (Å²) >= 11 is 0. The van der Waals surface area contributed by atoms with Gasteiger partial charge in [0.15, 0.2) is 0 Å². The van der Waals surface area contributed by atoms with Crippen LogP contribution in [0.5, 0.6) is 5.88 Å². The molecule has 5 aliphatic rings. The van der Waals surface area contributed by atoms with Crippen molar-refractivity contribution < 1.29 is 14.3 Å². The van der Waals surface area contributed by atoms with Crippen molar-refractivity contribution in [1.82, 2.24) is 20.4 Å². The number of hydrogen-bond donors (Lipinski definition) is 2. The van der Waals surface area contributed by atoms with E-state index in [1.54, 1.807) is 22.7 Å². The molecule has 0 radical (unpaired) electrons. The number of carbonyl (C=O) groups is 2. The number of ether oxygens (including phenoxy) is 1. The van der Waals surface area contributed by atoms with Crippen molar-refractivity contribution in [2.24, 2.45) is 29.6 Å². The van der Waals surface area contributed by atoms with Crippen LogP contribution in [0.4, 0.5) is 0 Å². The van der Waals surface area contributed by atoms with Crippen LogP contribution in [-0.4, -0.2) is 39.8 Å². The standard InChI is InChI=1S/C30H44N4O3/c1-19(2)18-37-29-25(28(36)32-27-21-10-11-23-22(15-21)16-24(23)27)17-31-34(29)14-13-30(3,4)33-26(35)12-9-20-7-5-6-8-20/h11,13-14,17,19-22,24,27H,5-10,12,15-16,18H2,1-4H3,(H,32,36)(H,33,35)/b14-13+/t21?,22?,24?,27-/m1/s1. The van der Waals surface area contributed by atoms with E-state index in [1.807, 2.05) is 19.9 Å². The Labute approximate surface area is 221 Å². The van der Waals surface area contributed by atoms with Crippen LogP contribution >= 0.6 is 0 Å². The topological polar surface area (TPSA) is 85.2 Å². The third-order valence-corrected chi connectivity index (χ3v) is 8.82. The molecule has 3 saturated carbocycles. The Morgan fingerprint density at radius 2 is 2.03 bits per heavy atom. The summed E-state index contributed by atoms with van der Waals surface area (Å²) in [5, 5.41) is 10.9. The molecule has 1 aromatic heterocycles. The molecule has 5 aliphatic carbocycles. The SMILES string of the molecule is CC(C)COc1c(C(=O)N[C@@H]2C3CC=C4C(C3)CC42)cnn1/C=C/C(C)(C)NC(=O)CCC1CCCC1. The van der Waals surface area contributed by atoms with Gasteiger partial charge < -0.3 is 15.4 Å². The number of nitrogens with one attached hydrogen (secondary N) is 2. The lowest BCUT2D eigenvalue weighted by Gasteiger charge is -2.56. The lowest BCUT2D eigenvalue weighted by atomic mass is 9.51. The second-order valence-corrected chi connectivity index (χ2v) is 12.8. The first-order valence-corrected chi connectivity index (χ1v) is 14.4. The Hall–Kier alpha value is -2.57. The summed E-state index contributed by atoms with van der Waals surface area (Å²) in [5.41, 5.74) is 1.48. The Morgan fingerprint density at radius 1 is 1.24 bits per heavy atom. The van der Waals surface area contributed by atoms with Gasteiger partial charge in [0.25, 0.3) is 5.91 Å². The molecule has 4 bridgehead atoms. The maximum atomic E-state index is 13.4. The monoisotopic (exact) mass is 508 g/mol. The molecule has 7 heteroatoms. The lowest BCUT2D eigenvalue weighted by Crippen LogP contribution is -2.58. The van der Waals surface area contributed by atoms with Crippen molar-refractivity contribution in [2.75, 3.05) is 6.61 Å². The zero-order valence-electron chi connectivity index (χ0n) is 23.0. The van der Waals surface area contributed by atoms with Crippen LogP contribution in [0.15, 0.2) is 23.9 Å². The van der Waals surface area contributed by atoms with E-state index >= 15 is 0 Å². The highest BCUT2D eigenvalue weighted by Gasteiger charge is 2.52. The zero-order valence-corrected chi connectivity index (χ0v) is 23.0. The molecule has 6 rings (SSSR count). The first kappa shape index (κ1) is 26.1. The minimum Gasteiger partial charge on any atom is -0.477 e. The molecule has 1 heterocycles. The Bertz CT molecular complexity index is 1060. The van der Waals surface area contributed by atoms with Gasteiger partial charge in [0.05, 0.1) is 18.3 Å². The van der Waals surface area contributed by atoms with Gasteiger partial charge in [-0.2, -0.15) is 5.10 Å². The van der Waals surface area contributed by atoms with E-state index in [0.29, 0.717) is 48.1 Å². The number of hydrogen-bond acceptors (Lipinski definition) is 4. The first-order chi connectivity index (χ1) is 17.7. The quantitative estimate of drug-likeness (QED) is 0.395. The van der Waals surface area contributed by atoms with Crippen molar-refractivity contribution in [3.8, 4) is 5.88 Å². The largest absolute Gasteiger partial charge is 0.477 e. The van der Waals surface area contributed by atoms with Crippen LogP contribution in [0.3, 0.4) is 0 Å². The number of allylic oxidation sites excluding steroid dienone is 1. The maximum Gasteiger partial charge on any atom is 0.258 e. The van der Waals surface area contributed by atoms with Gasteiger partial charge in [-0.05, 0) is 69.3 Å². The molecule has 0 aromatic carbocycles. The van der Waals surface area contributed by atoms with Gasteiger partial charge in [0.2, 0.25) is 11.8 Å². The molecular formula is C30H44N4O3. The zero-order chi connectivity index (χ0) is 26.2. The van der Waals surface area contributed by atoms with Crippen molar-refractivity contribution in [1.29, 1.82) is 0 Å². The molecular weight excluding hydrogens is 464 g/mol. The number of amides is 2. The number of fused-ring (bicyclic) bond motifs is 1. The van der Waals surface area contributed by atoms with Gasteiger partial charge in [-0.15, -0.1) is 0 Å². The second-order valence-electron chi connectivity index (χ2n) is 12.8. The molecule has 0 saturated heterocycles. The number of aromatic nitrogens is 2. The fourth-order valence-corrected chi connectivity index (χ4v) is 6.80. The molecule has 4 atom stereocenters. The summed E-state index contributed by atoms with van der Waals surface area (Å²) in [6.45, 7) is 8.60. The van der Waals surface area contributed by atoms with Crippen molar-refractivity contribution >= 4 is 18.0 Å². The number of nitrogens with zero attached hydrogens (tertiary/aromatic N) is 2. The summed E-state index contributed by atoms with van der Waals surface area (Å²) < 4.78 is 7.73. The van der Waals surface area contributed by atoms with Crippen LogP contribution in [0.25, 0.3) is 6.20 Å². The Kier molecular flexibility index (Phi) is 7.51. The van der Waals surface area contributed by atoms with Crippen molar-refractivity contribution in [3.63, 3.8) is 0 Å². The molecule has 0 spiro atoms. The molecule has 2 N–H and O–H groups in total. The first-order valence-electron chi connectivity index (χ1n) is 14.4. The van der Waals surface area contributed by atoms with Gasteiger partial charge in [-0.1, -0.05) is 51.2 Å². The predicted molar refractivity (Wildman–Crippen MR) is 145 cm³/mol. The fraction of sp³-hybridized carbons (Fsp3) is 0.700. The smallest absolute Gasteiger partial charge is 0.258 e. The summed E-state index contributed by atoms with van der Waals surface area (Å²) in [5.74, 6) is 3.25. The molecule has 37 heavy (non-hydrogen) atoms. The Balaban J connectivity index is 1.24. The number of carbonyl (C=O) groups excluding carboxylic acids is 2. The molecule has 3 unspecified atom stereocenters. The molecule has 0 aliphatic heterocycles. The van der Waals surface area contributed by atoms with Gasteiger partial charge in [0.1, 0.15) is 5.56 Å². The van der Waals surface area contributed by atoms with Crippen molar-refractivity contribution in [2.45, 2.75) is 97.1 Å². The van der Waals surface area contributed by atoms with E-state index in [4.69, 9.17) is 4.74 Å². The Morgan fingerprint density at radius 3 is 2.70 bits per heavy atom. The van der Waals surface area contributed by atoms with Gasteiger partial charge in [0, 0.05) is 24.6 Å². The molecule has 1 aromatic rings. The molecule has 3 fully saturated rings. The van der Waals surface area contributed by atoms with Crippen LogP contribution in [0, 0.1) is 29.6 Å². The van der Waals surface area contributed by atoms with Crippen LogP contribution < -0.4 is 15.4 Å². The van der Waals surface area contributed by atoms with Crippen LogP contribution in [0.1, 0.15) is 95.8 Å². The summed E-state index contributed by atoms with van der Waals surface area (Å²) in [7, 11) is 0. The average Bonchev–Trinajstić information content (AvgIpc) is 3.50. The summed E-state index contributed by atoms with van der Waals surface area (Å²) in [6.07, 6.45) is 17.8. The van der Waals surface area contributed by atoms with E-state index < -0.39 is 5.54 Å². The van der Waals surface area contributed by atoms with E-state index in [1.165, 1.54) is 38.5 Å². The van der Waals surface area contributed by atoms with Crippen LogP contribution in [0.2, 0.25) is 0 Å². The fourth-order valence-electron chi connectivity index (χ4n) is 6.80.